The number of hydrogen-bond donors (Lipinski definition) is 1. The van der Waals surface area contributed by atoms with Gasteiger partial charge in [0.15, 0.2) is 0 Å². The molecular formula is C17H19N3O3S. The third-order valence-corrected chi connectivity index (χ3v) is 5.18. The van der Waals surface area contributed by atoms with Gasteiger partial charge in [0.05, 0.1) is 18.2 Å². The molecule has 0 saturated carbocycles. The second-order valence-electron chi connectivity index (χ2n) is 5.76. The molecule has 1 unspecified atom stereocenters. The largest absolute Gasteiger partial charge is 0.481 e. The Morgan fingerprint density at radius 2 is 2.04 bits per heavy atom. The van der Waals surface area contributed by atoms with Crippen LogP contribution in [0.3, 0.4) is 0 Å². The highest BCUT2D eigenvalue weighted by atomic mass is 32.2. The summed E-state index contributed by atoms with van der Waals surface area (Å²) in [5, 5.41) is 13.3. The molecule has 1 aliphatic rings. The van der Waals surface area contributed by atoms with Gasteiger partial charge in [-0.2, -0.15) is 16.9 Å². The van der Waals surface area contributed by atoms with E-state index in [1.807, 2.05) is 25.1 Å². The molecule has 2 aromatic rings. The number of thioether (sulfide) groups is 1. The monoisotopic (exact) mass is 345 g/mol. The molecule has 7 heteroatoms. The van der Waals surface area contributed by atoms with Gasteiger partial charge in [0.2, 0.25) is 0 Å². The SMILES string of the molecule is Cc1ccnn1-c1ccc(C(=O)N2CCSCC2CC(=O)O)cc1. The van der Waals surface area contributed by atoms with Gasteiger partial charge in [-0.05, 0) is 37.3 Å². The van der Waals surface area contributed by atoms with Gasteiger partial charge in [0.25, 0.3) is 5.91 Å². The van der Waals surface area contributed by atoms with Crippen LogP contribution in [0.1, 0.15) is 22.5 Å². The molecule has 1 atom stereocenters. The number of hydrogen-bond acceptors (Lipinski definition) is 4. The van der Waals surface area contributed by atoms with E-state index >= 15 is 0 Å². The molecule has 24 heavy (non-hydrogen) atoms. The Hall–Kier alpha value is -2.28. The fourth-order valence-electron chi connectivity index (χ4n) is 2.84. The molecule has 1 aromatic heterocycles. The first-order valence-electron chi connectivity index (χ1n) is 7.78. The van der Waals surface area contributed by atoms with E-state index in [9.17, 15) is 9.59 Å². The van der Waals surface area contributed by atoms with Crippen LogP contribution >= 0.6 is 11.8 Å². The molecule has 1 aliphatic heterocycles. The van der Waals surface area contributed by atoms with Gasteiger partial charge >= 0.3 is 5.97 Å². The van der Waals surface area contributed by atoms with Crippen molar-refractivity contribution in [3.05, 3.63) is 47.8 Å². The highest BCUT2D eigenvalue weighted by molar-refractivity contribution is 7.99. The van der Waals surface area contributed by atoms with E-state index in [4.69, 9.17) is 5.11 Å². The number of carboxylic acids is 1. The van der Waals surface area contributed by atoms with Crippen molar-refractivity contribution in [2.24, 2.45) is 0 Å². The second kappa shape index (κ2) is 7.09. The molecule has 1 fully saturated rings. The summed E-state index contributed by atoms with van der Waals surface area (Å²) in [5.74, 6) is 0.532. The predicted molar refractivity (Wildman–Crippen MR) is 92.7 cm³/mol. The van der Waals surface area contributed by atoms with Crippen molar-refractivity contribution in [2.75, 3.05) is 18.1 Å². The minimum absolute atomic E-state index is 0.0106. The van der Waals surface area contributed by atoms with Gasteiger partial charge in [0, 0.05) is 35.5 Å². The van der Waals surface area contributed by atoms with E-state index in [2.05, 4.69) is 5.10 Å². The first-order valence-corrected chi connectivity index (χ1v) is 8.93. The number of benzene rings is 1. The van der Waals surface area contributed by atoms with Crippen molar-refractivity contribution in [3.63, 3.8) is 0 Å². The van der Waals surface area contributed by atoms with E-state index in [1.54, 1.807) is 39.7 Å². The normalized spacial score (nSPS) is 17.7. The highest BCUT2D eigenvalue weighted by Crippen LogP contribution is 2.22. The van der Waals surface area contributed by atoms with Crippen LogP contribution in [0.2, 0.25) is 0 Å². The third kappa shape index (κ3) is 3.46. The first-order chi connectivity index (χ1) is 11.6. The first kappa shape index (κ1) is 16.6. The highest BCUT2D eigenvalue weighted by Gasteiger charge is 2.29. The second-order valence-corrected chi connectivity index (χ2v) is 6.91. The minimum Gasteiger partial charge on any atom is -0.481 e. The van der Waals surface area contributed by atoms with E-state index in [-0.39, 0.29) is 18.4 Å². The molecule has 1 aromatic carbocycles. The molecule has 0 bridgehead atoms. The minimum atomic E-state index is -0.871. The average Bonchev–Trinajstić information content (AvgIpc) is 3.00. The lowest BCUT2D eigenvalue weighted by Gasteiger charge is -2.34. The average molecular weight is 345 g/mol. The summed E-state index contributed by atoms with van der Waals surface area (Å²) in [4.78, 5) is 25.5. The number of carbonyl (C=O) groups excluding carboxylic acids is 1. The third-order valence-electron chi connectivity index (χ3n) is 4.09. The van der Waals surface area contributed by atoms with Crippen LogP contribution in [0, 0.1) is 6.92 Å². The lowest BCUT2D eigenvalue weighted by atomic mass is 10.1. The number of aromatic nitrogens is 2. The van der Waals surface area contributed by atoms with E-state index in [1.165, 1.54) is 0 Å². The van der Waals surface area contributed by atoms with Gasteiger partial charge in [0.1, 0.15) is 0 Å². The molecule has 1 amide bonds. The Morgan fingerprint density at radius 3 is 2.67 bits per heavy atom. The molecule has 1 saturated heterocycles. The molecular weight excluding hydrogens is 326 g/mol. The van der Waals surface area contributed by atoms with Crippen molar-refractivity contribution in [2.45, 2.75) is 19.4 Å². The predicted octanol–water partition coefficient (Wildman–Crippen LogP) is 2.21. The van der Waals surface area contributed by atoms with Crippen molar-refractivity contribution in [1.82, 2.24) is 14.7 Å². The maximum Gasteiger partial charge on any atom is 0.305 e. The summed E-state index contributed by atoms with van der Waals surface area (Å²) in [5.41, 5.74) is 2.49. The number of amides is 1. The molecule has 0 spiro atoms. The maximum absolute atomic E-state index is 12.8. The Labute approximate surface area is 144 Å². The fourth-order valence-corrected chi connectivity index (χ4v) is 3.91. The zero-order valence-corrected chi connectivity index (χ0v) is 14.2. The van der Waals surface area contributed by atoms with E-state index in [0.29, 0.717) is 17.9 Å². The molecule has 6 nitrogen and oxygen atoms in total. The summed E-state index contributed by atoms with van der Waals surface area (Å²) in [7, 11) is 0. The van der Waals surface area contributed by atoms with Gasteiger partial charge in [-0.25, -0.2) is 4.68 Å². The van der Waals surface area contributed by atoms with Crippen LogP contribution in [-0.4, -0.2) is 55.8 Å². The number of rotatable bonds is 4. The Kier molecular flexibility index (Phi) is 4.89. The lowest BCUT2D eigenvalue weighted by Crippen LogP contribution is -2.47. The van der Waals surface area contributed by atoms with Crippen molar-refractivity contribution in [1.29, 1.82) is 0 Å². The van der Waals surface area contributed by atoms with Gasteiger partial charge in [-0.3, -0.25) is 9.59 Å². The number of aliphatic carboxylic acids is 1. The quantitative estimate of drug-likeness (QED) is 0.919. The Bertz CT molecular complexity index is 742. The maximum atomic E-state index is 12.8. The van der Waals surface area contributed by atoms with Crippen LogP contribution in [0.25, 0.3) is 5.69 Å². The van der Waals surface area contributed by atoms with E-state index in [0.717, 1.165) is 17.1 Å². The number of nitrogens with zero attached hydrogens (tertiary/aromatic N) is 3. The van der Waals surface area contributed by atoms with Gasteiger partial charge < -0.3 is 10.0 Å². The molecule has 1 N–H and O–H groups in total. The number of carbonyl (C=O) groups is 2. The Balaban J connectivity index is 1.79. The van der Waals surface area contributed by atoms with Crippen molar-refractivity contribution in [3.8, 4) is 5.69 Å². The smallest absolute Gasteiger partial charge is 0.305 e. The van der Waals surface area contributed by atoms with Crippen LogP contribution in [0.4, 0.5) is 0 Å². The molecule has 0 radical (unpaired) electrons. The molecule has 2 heterocycles. The zero-order chi connectivity index (χ0) is 17.1. The molecule has 3 rings (SSSR count). The topological polar surface area (TPSA) is 75.4 Å². The summed E-state index contributed by atoms with van der Waals surface area (Å²) in [6.07, 6.45) is 1.72. The van der Waals surface area contributed by atoms with Gasteiger partial charge in [-0.15, -0.1) is 0 Å². The standard InChI is InChI=1S/C17H19N3O3S/c1-12-6-7-18-20(12)14-4-2-13(3-5-14)17(23)19-8-9-24-11-15(19)10-16(21)22/h2-7,15H,8-11H2,1H3,(H,21,22). The van der Waals surface area contributed by atoms with Crippen LogP contribution < -0.4 is 0 Å². The summed E-state index contributed by atoms with van der Waals surface area (Å²) in [6, 6.07) is 8.94. The summed E-state index contributed by atoms with van der Waals surface area (Å²) >= 11 is 1.69. The van der Waals surface area contributed by atoms with Gasteiger partial charge in [-0.1, -0.05) is 0 Å². The van der Waals surface area contributed by atoms with E-state index < -0.39 is 5.97 Å². The number of aryl methyl sites for hydroxylation is 1. The van der Waals surface area contributed by atoms with Crippen LogP contribution in [-0.2, 0) is 4.79 Å². The van der Waals surface area contributed by atoms with Crippen LogP contribution in [0.15, 0.2) is 36.5 Å². The Morgan fingerprint density at radius 1 is 1.29 bits per heavy atom. The zero-order valence-electron chi connectivity index (χ0n) is 13.4. The van der Waals surface area contributed by atoms with Crippen LogP contribution in [0.5, 0.6) is 0 Å². The number of carboxylic acid groups (broad SMARTS) is 1. The fraction of sp³-hybridized carbons (Fsp3) is 0.353. The van der Waals surface area contributed by atoms with Crippen molar-refractivity contribution >= 4 is 23.6 Å². The van der Waals surface area contributed by atoms with Crippen molar-refractivity contribution < 1.29 is 14.7 Å². The molecule has 126 valence electrons. The molecule has 0 aliphatic carbocycles. The lowest BCUT2D eigenvalue weighted by molar-refractivity contribution is -0.138. The summed E-state index contributed by atoms with van der Waals surface area (Å²) in [6.45, 7) is 2.55. The summed E-state index contributed by atoms with van der Waals surface area (Å²) < 4.78 is 1.80.